The van der Waals surface area contributed by atoms with Crippen molar-refractivity contribution < 1.29 is 9.59 Å². The van der Waals surface area contributed by atoms with Crippen LogP contribution in [0.2, 0.25) is 5.02 Å². The Labute approximate surface area is 187 Å². The summed E-state index contributed by atoms with van der Waals surface area (Å²) in [5, 5.41) is 15.6. The molecule has 1 saturated heterocycles. The SMILES string of the molecule is N#CC1(NC(=O)C2CCN(Cc3cccc(NC(=O)c4ccc(Cl)cc4)c3)CC2)CC1. The molecule has 2 aromatic rings. The molecule has 2 aromatic carbocycles. The van der Waals surface area contributed by atoms with Crippen molar-refractivity contribution in [2.24, 2.45) is 5.92 Å². The lowest BCUT2D eigenvalue weighted by Crippen LogP contribution is -2.44. The first-order chi connectivity index (χ1) is 15.0. The van der Waals surface area contributed by atoms with Gasteiger partial charge in [-0.1, -0.05) is 23.7 Å². The molecule has 160 valence electrons. The Morgan fingerprint density at radius 1 is 1.13 bits per heavy atom. The van der Waals surface area contributed by atoms with Crippen LogP contribution in [-0.4, -0.2) is 35.3 Å². The minimum atomic E-state index is -0.592. The third kappa shape index (κ3) is 5.43. The highest BCUT2D eigenvalue weighted by Crippen LogP contribution is 2.35. The van der Waals surface area contributed by atoms with Crippen LogP contribution in [0.1, 0.15) is 41.6 Å². The maximum Gasteiger partial charge on any atom is 0.255 e. The number of piperidine rings is 1. The molecule has 7 heteroatoms. The molecule has 0 atom stereocenters. The second-order valence-corrected chi connectivity index (χ2v) is 8.83. The number of carbonyl (C=O) groups excluding carboxylic acids is 2. The molecule has 1 heterocycles. The number of hydrogen-bond donors (Lipinski definition) is 2. The van der Waals surface area contributed by atoms with Crippen molar-refractivity contribution in [3.8, 4) is 6.07 Å². The summed E-state index contributed by atoms with van der Waals surface area (Å²) in [6.45, 7) is 2.43. The molecule has 0 unspecified atom stereocenters. The molecule has 4 rings (SSSR count). The van der Waals surface area contributed by atoms with Crippen molar-refractivity contribution in [2.75, 3.05) is 18.4 Å². The predicted octanol–water partition coefficient (Wildman–Crippen LogP) is 3.98. The van der Waals surface area contributed by atoms with Crippen molar-refractivity contribution in [1.82, 2.24) is 10.2 Å². The lowest BCUT2D eigenvalue weighted by molar-refractivity contribution is -0.127. The number of likely N-dealkylation sites (tertiary alicyclic amines) is 1. The monoisotopic (exact) mass is 436 g/mol. The van der Waals surface area contributed by atoms with Crippen molar-refractivity contribution in [3.05, 3.63) is 64.7 Å². The second-order valence-electron chi connectivity index (χ2n) is 8.39. The molecular formula is C24H25ClN4O2. The van der Waals surface area contributed by atoms with E-state index in [1.165, 1.54) is 0 Å². The standard InChI is InChI=1S/C24H25ClN4O2/c25-20-6-4-18(5-7-20)22(30)27-21-3-1-2-17(14-21)15-29-12-8-19(9-13-29)23(31)28-24(16-26)10-11-24/h1-7,14,19H,8-13,15H2,(H,27,30)(H,28,31). The molecule has 0 bridgehead atoms. The number of halogens is 1. The number of anilines is 1. The number of carbonyl (C=O) groups is 2. The van der Waals surface area contributed by atoms with Crippen molar-refractivity contribution >= 4 is 29.1 Å². The van der Waals surface area contributed by atoms with Gasteiger partial charge >= 0.3 is 0 Å². The fraction of sp³-hybridized carbons (Fsp3) is 0.375. The average molecular weight is 437 g/mol. The Balaban J connectivity index is 1.28. The van der Waals surface area contributed by atoms with E-state index in [0.29, 0.717) is 10.6 Å². The zero-order valence-corrected chi connectivity index (χ0v) is 18.0. The summed E-state index contributed by atoms with van der Waals surface area (Å²) in [6, 6.07) is 16.8. The van der Waals surface area contributed by atoms with Crippen molar-refractivity contribution in [2.45, 2.75) is 37.8 Å². The number of nitriles is 1. The number of amides is 2. The van der Waals surface area contributed by atoms with E-state index in [1.807, 2.05) is 24.3 Å². The number of hydrogen-bond acceptors (Lipinski definition) is 4. The Bertz CT molecular complexity index is 1000. The fourth-order valence-corrected chi connectivity index (χ4v) is 4.02. The predicted molar refractivity (Wildman–Crippen MR) is 120 cm³/mol. The summed E-state index contributed by atoms with van der Waals surface area (Å²) in [5.74, 6) is -0.177. The van der Waals surface area contributed by atoms with E-state index in [4.69, 9.17) is 16.9 Å². The van der Waals surface area contributed by atoms with Crippen LogP contribution < -0.4 is 10.6 Å². The minimum Gasteiger partial charge on any atom is -0.338 e. The van der Waals surface area contributed by atoms with Crippen LogP contribution >= 0.6 is 11.6 Å². The topological polar surface area (TPSA) is 85.2 Å². The summed E-state index contributed by atoms with van der Waals surface area (Å²) in [6.07, 6.45) is 3.11. The lowest BCUT2D eigenvalue weighted by atomic mass is 9.95. The van der Waals surface area contributed by atoms with Gasteiger partial charge in [0.15, 0.2) is 0 Å². The number of nitrogens with one attached hydrogen (secondary N) is 2. The fourth-order valence-electron chi connectivity index (χ4n) is 3.89. The lowest BCUT2D eigenvalue weighted by Gasteiger charge is -2.31. The zero-order chi connectivity index (χ0) is 21.8. The largest absolute Gasteiger partial charge is 0.338 e. The Hall–Kier alpha value is -2.88. The van der Waals surface area contributed by atoms with E-state index < -0.39 is 5.54 Å². The maximum absolute atomic E-state index is 12.4. The van der Waals surface area contributed by atoms with Crippen LogP contribution in [-0.2, 0) is 11.3 Å². The number of benzene rings is 2. The Kier molecular flexibility index (Phi) is 6.26. The van der Waals surface area contributed by atoms with Gasteiger partial charge in [0.25, 0.3) is 5.91 Å². The third-order valence-electron chi connectivity index (χ3n) is 5.98. The summed E-state index contributed by atoms with van der Waals surface area (Å²) in [4.78, 5) is 27.2. The molecule has 2 fully saturated rings. The van der Waals surface area contributed by atoms with Crippen LogP contribution in [0, 0.1) is 17.2 Å². The van der Waals surface area contributed by atoms with Crippen LogP contribution in [0.3, 0.4) is 0 Å². The van der Waals surface area contributed by atoms with E-state index in [1.54, 1.807) is 24.3 Å². The maximum atomic E-state index is 12.4. The molecule has 2 amide bonds. The van der Waals surface area contributed by atoms with Gasteiger partial charge < -0.3 is 10.6 Å². The highest BCUT2D eigenvalue weighted by atomic mass is 35.5. The van der Waals surface area contributed by atoms with Gasteiger partial charge in [-0.15, -0.1) is 0 Å². The van der Waals surface area contributed by atoms with Gasteiger partial charge in [0.2, 0.25) is 5.91 Å². The van der Waals surface area contributed by atoms with Crippen LogP contribution in [0.15, 0.2) is 48.5 Å². The molecule has 6 nitrogen and oxygen atoms in total. The highest BCUT2D eigenvalue weighted by Gasteiger charge is 2.45. The normalized spacial score (nSPS) is 18.1. The third-order valence-corrected chi connectivity index (χ3v) is 6.23. The molecule has 31 heavy (non-hydrogen) atoms. The number of nitrogens with zero attached hydrogens (tertiary/aromatic N) is 2. The molecule has 1 aliphatic heterocycles. The highest BCUT2D eigenvalue weighted by molar-refractivity contribution is 6.30. The molecule has 2 N–H and O–H groups in total. The Morgan fingerprint density at radius 2 is 1.84 bits per heavy atom. The van der Waals surface area contributed by atoms with Gasteiger partial charge in [0.05, 0.1) is 6.07 Å². The molecule has 1 aliphatic carbocycles. The first kappa shape index (κ1) is 21.4. The van der Waals surface area contributed by atoms with Crippen LogP contribution in [0.25, 0.3) is 0 Å². The quantitative estimate of drug-likeness (QED) is 0.717. The second kappa shape index (κ2) is 9.09. The van der Waals surface area contributed by atoms with E-state index in [2.05, 4.69) is 21.6 Å². The summed E-state index contributed by atoms with van der Waals surface area (Å²) in [7, 11) is 0. The van der Waals surface area contributed by atoms with E-state index in [-0.39, 0.29) is 17.7 Å². The average Bonchev–Trinajstić information content (AvgIpc) is 3.55. The molecule has 2 aliphatic rings. The van der Waals surface area contributed by atoms with Crippen LogP contribution in [0.4, 0.5) is 5.69 Å². The van der Waals surface area contributed by atoms with Gasteiger partial charge in [-0.2, -0.15) is 5.26 Å². The van der Waals surface area contributed by atoms with Gasteiger partial charge in [-0.25, -0.2) is 0 Å². The number of rotatable bonds is 6. The molecule has 0 aromatic heterocycles. The molecule has 0 radical (unpaired) electrons. The van der Waals surface area contributed by atoms with E-state index >= 15 is 0 Å². The molecular weight excluding hydrogens is 412 g/mol. The van der Waals surface area contributed by atoms with Gasteiger partial charge in [0.1, 0.15) is 5.54 Å². The summed E-state index contributed by atoms with van der Waals surface area (Å²) in [5.41, 5.74) is 1.82. The summed E-state index contributed by atoms with van der Waals surface area (Å²) >= 11 is 5.88. The van der Waals surface area contributed by atoms with Gasteiger partial charge in [0, 0.05) is 28.7 Å². The summed E-state index contributed by atoms with van der Waals surface area (Å²) < 4.78 is 0. The first-order valence-electron chi connectivity index (χ1n) is 10.6. The van der Waals surface area contributed by atoms with Gasteiger partial charge in [-0.05, 0) is 80.7 Å². The molecule has 0 spiro atoms. The molecule has 1 saturated carbocycles. The van der Waals surface area contributed by atoms with Crippen molar-refractivity contribution in [1.29, 1.82) is 5.26 Å². The Morgan fingerprint density at radius 3 is 2.48 bits per heavy atom. The first-order valence-corrected chi connectivity index (χ1v) is 11.0. The van der Waals surface area contributed by atoms with Crippen LogP contribution in [0.5, 0.6) is 0 Å². The zero-order valence-electron chi connectivity index (χ0n) is 17.2. The van der Waals surface area contributed by atoms with E-state index in [0.717, 1.165) is 56.6 Å². The van der Waals surface area contributed by atoms with Gasteiger partial charge in [-0.3, -0.25) is 14.5 Å². The minimum absolute atomic E-state index is 0.0191. The smallest absolute Gasteiger partial charge is 0.255 e. The van der Waals surface area contributed by atoms with Crippen molar-refractivity contribution in [3.63, 3.8) is 0 Å². The van der Waals surface area contributed by atoms with E-state index in [9.17, 15) is 9.59 Å².